The average molecular weight is 448 g/mol. The Morgan fingerprint density at radius 2 is 2.20 bits per heavy atom. The number of aromatic nitrogens is 2. The molecule has 1 aromatic heterocycles. The molecule has 1 unspecified atom stereocenters. The van der Waals surface area contributed by atoms with Crippen LogP contribution in [0.25, 0.3) is 0 Å². The molecule has 0 fully saturated rings. The van der Waals surface area contributed by atoms with E-state index in [2.05, 4.69) is 87.2 Å². The number of nitrogens with one attached hydrogen (secondary N) is 1. The molecule has 108 valence electrons. The zero-order chi connectivity index (χ0) is 14.5. The van der Waals surface area contributed by atoms with Crippen molar-refractivity contribution < 1.29 is 0 Å². The first-order chi connectivity index (χ1) is 9.65. The number of hydrogen-bond donors (Lipinski definition) is 1. The van der Waals surface area contributed by atoms with Gasteiger partial charge in [0.2, 0.25) is 0 Å². The maximum Gasteiger partial charge on any atom is 0.0618 e. The summed E-state index contributed by atoms with van der Waals surface area (Å²) in [4.78, 5) is 0. The highest BCUT2D eigenvalue weighted by Crippen LogP contribution is 2.28. The number of rotatable bonds is 6. The van der Waals surface area contributed by atoms with Crippen molar-refractivity contribution in [3.8, 4) is 0 Å². The van der Waals surface area contributed by atoms with E-state index in [1.807, 2.05) is 10.9 Å². The molecular weight excluding hydrogens is 429 g/mol. The Hall–Kier alpha value is -0.400. The molecule has 1 heterocycles. The van der Waals surface area contributed by atoms with Crippen LogP contribution < -0.4 is 5.32 Å². The molecule has 0 aliphatic heterocycles. The molecule has 5 heteroatoms. The fourth-order valence-electron chi connectivity index (χ4n) is 2.13. The van der Waals surface area contributed by atoms with Crippen LogP contribution in [0.4, 0.5) is 0 Å². The lowest BCUT2D eigenvalue weighted by molar-refractivity contribution is 0.594. The molecule has 0 amide bonds. The van der Waals surface area contributed by atoms with E-state index in [9.17, 15) is 0 Å². The van der Waals surface area contributed by atoms with Gasteiger partial charge >= 0.3 is 0 Å². The summed E-state index contributed by atoms with van der Waals surface area (Å²) in [5, 5.41) is 8.03. The Balaban J connectivity index is 2.38. The first kappa shape index (κ1) is 16.0. The lowest BCUT2D eigenvalue weighted by atomic mass is 10.0. The van der Waals surface area contributed by atoms with Crippen LogP contribution in [-0.4, -0.2) is 16.3 Å². The molecule has 1 atom stereocenters. The third kappa shape index (κ3) is 3.83. The maximum atomic E-state index is 4.40. The largest absolute Gasteiger partial charge is 0.306 e. The fourth-order valence-corrected chi connectivity index (χ4v) is 3.16. The van der Waals surface area contributed by atoms with Crippen molar-refractivity contribution in [1.29, 1.82) is 0 Å². The normalized spacial score (nSPS) is 12.6. The van der Waals surface area contributed by atoms with Crippen molar-refractivity contribution in [2.75, 3.05) is 6.54 Å². The van der Waals surface area contributed by atoms with Gasteiger partial charge in [-0.25, -0.2) is 0 Å². The summed E-state index contributed by atoms with van der Waals surface area (Å²) in [7, 11) is 0. The average Bonchev–Trinajstić information content (AvgIpc) is 2.92. The molecular formula is C15H19BrIN3. The fraction of sp³-hybridized carbons (Fsp3) is 0.400. The lowest BCUT2D eigenvalue weighted by Crippen LogP contribution is -2.23. The molecule has 1 aromatic carbocycles. The van der Waals surface area contributed by atoms with Crippen LogP contribution in [0.15, 0.2) is 35.1 Å². The quantitative estimate of drug-likeness (QED) is 0.666. The lowest BCUT2D eigenvalue weighted by Gasteiger charge is -2.19. The number of benzene rings is 1. The zero-order valence-corrected chi connectivity index (χ0v) is 15.5. The number of hydrogen-bond acceptors (Lipinski definition) is 2. The van der Waals surface area contributed by atoms with Crippen molar-refractivity contribution >= 4 is 38.5 Å². The Morgan fingerprint density at radius 3 is 2.85 bits per heavy atom. The Kier molecular flexibility index (Phi) is 6.04. The van der Waals surface area contributed by atoms with E-state index in [1.54, 1.807) is 0 Å². The van der Waals surface area contributed by atoms with Crippen LogP contribution in [0.2, 0.25) is 0 Å². The van der Waals surface area contributed by atoms with Crippen LogP contribution in [-0.2, 0) is 6.54 Å². The van der Waals surface area contributed by atoms with E-state index in [1.165, 1.54) is 14.7 Å². The topological polar surface area (TPSA) is 29.9 Å². The first-order valence-electron chi connectivity index (χ1n) is 6.86. The van der Waals surface area contributed by atoms with Gasteiger partial charge in [0, 0.05) is 26.3 Å². The van der Waals surface area contributed by atoms with Gasteiger partial charge in [-0.05, 0) is 66.2 Å². The number of aryl methyl sites for hydroxylation is 1. The van der Waals surface area contributed by atoms with E-state index in [0.29, 0.717) is 0 Å². The summed E-state index contributed by atoms with van der Waals surface area (Å²) in [5.41, 5.74) is 2.51. The molecule has 0 aliphatic rings. The number of halogens is 2. The minimum atomic E-state index is 0.194. The molecule has 0 radical (unpaired) electrons. The van der Waals surface area contributed by atoms with Crippen molar-refractivity contribution in [3.05, 3.63) is 49.8 Å². The van der Waals surface area contributed by atoms with E-state index < -0.39 is 0 Å². The molecule has 2 rings (SSSR count). The molecule has 1 N–H and O–H groups in total. The Morgan fingerprint density at radius 1 is 1.40 bits per heavy atom. The van der Waals surface area contributed by atoms with E-state index in [4.69, 9.17) is 0 Å². The number of nitrogens with zero attached hydrogens (tertiary/aromatic N) is 2. The second kappa shape index (κ2) is 7.56. The third-order valence-corrected chi connectivity index (χ3v) is 4.65. The maximum absolute atomic E-state index is 4.40. The summed E-state index contributed by atoms with van der Waals surface area (Å²) < 4.78 is 4.35. The minimum Gasteiger partial charge on any atom is -0.306 e. The Labute approximate surface area is 142 Å². The highest BCUT2D eigenvalue weighted by molar-refractivity contribution is 14.1. The molecule has 0 bridgehead atoms. The van der Waals surface area contributed by atoms with Gasteiger partial charge in [-0.3, -0.25) is 4.68 Å². The highest BCUT2D eigenvalue weighted by atomic mass is 127. The van der Waals surface area contributed by atoms with Crippen molar-refractivity contribution in [1.82, 2.24) is 15.1 Å². The van der Waals surface area contributed by atoms with Gasteiger partial charge in [-0.1, -0.05) is 22.9 Å². The van der Waals surface area contributed by atoms with Crippen LogP contribution >= 0.6 is 38.5 Å². The van der Waals surface area contributed by atoms with Crippen LogP contribution in [0.3, 0.4) is 0 Å². The first-order valence-corrected chi connectivity index (χ1v) is 8.73. The summed E-state index contributed by atoms with van der Waals surface area (Å²) in [5.74, 6) is 0. The Bertz CT molecular complexity index is 568. The summed E-state index contributed by atoms with van der Waals surface area (Å²) >= 11 is 5.97. The van der Waals surface area contributed by atoms with Crippen molar-refractivity contribution in [3.63, 3.8) is 0 Å². The highest BCUT2D eigenvalue weighted by Gasteiger charge is 2.18. The van der Waals surface area contributed by atoms with Crippen molar-refractivity contribution in [2.45, 2.75) is 32.9 Å². The smallest absolute Gasteiger partial charge is 0.0618 e. The van der Waals surface area contributed by atoms with Crippen LogP contribution in [0, 0.1) is 3.57 Å². The zero-order valence-electron chi connectivity index (χ0n) is 11.7. The summed E-state index contributed by atoms with van der Waals surface area (Å²) in [6, 6.07) is 6.61. The monoisotopic (exact) mass is 447 g/mol. The second-order valence-corrected chi connectivity index (χ2v) is 6.76. The SMILES string of the molecule is CCCNC(c1cnn(CC)c1)c1cc(Br)ccc1I. The van der Waals surface area contributed by atoms with Gasteiger partial charge in [0.25, 0.3) is 0 Å². The van der Waals surface area contributed by atoms with Gasteiger partial charge in [-0.2, -0.15) is 5.10 Å². The molecule has 3 nitrogen and oxygen atoms in total. The van der Waals surface area contributed by atoms with Gasteiger partial charge < -0.3 is 5.32 Å². The van der Waals surface area contributed by atoms with Gasteiger partial charge in [-0.15, -0.1) is 0 Å². The second-order valence-electron chi connectivity index (χ2n) is 4.68. The third-order valence-electron chi connectivity index (χ3n) is 3.18. The molecule has 0 saturated heterocycles. The predicted molar refractivity (Wildman–Crippen MR) is 94.9 cm³/mol. The predicted octanol–water partition coefficient (Wildman–Crippen LogP) is 4.36. The molecule has 0 spiro atoms. The molecule has 0 aliphatic carbocycles. The van der Waals surface area contributed by atoms with Crippen LogP contribution in [0.5, 0.6) is 0 Å². The molecule has 0 saturated carbocycles. The minimum absolute atomic E-state index is 0.194. The molecule has 2 aromatic rings. The molecule has 20 heavy (non-hydrogen) atoms. The van der Waals surface area contributed by atoms with E-state index in [-0.39, 0.29) is 6.04 Å². The summed E-state index contributed by atoms with van der Waals surface area (Å²) in [6.07, 6.45) is 5.21. The van der Waals surface area contributed by atoms with Gasteiger partial charge in [0.05, 0.1) is 12.2 Å². The van der Waals surface area contributed by atoms with Gasteiger partial charge in [0.15, 0.2) is 0 Å². The summed E-state index contributed by atoms with van der Waals surface area (Å²) in [6.45, 7) is 6.18. The van der Waals surface area contributed by atoms with Gasteiger partial charge in [0.1, 0.15) is 0 Å². The standard InChI is InChI=1S/C15H19BrIN3/c1-3-7-18-15(11-9-19-20(4-2)10-11)13-8-12(16)5-6-14(13)17/h5-6,8-10,15,18H,3-4,7H2,1-2H3. The van der Waals surface area contributed by atoms with E-state index >= 15 is 0 Å². The van der Waals surface area contributed by atoms with E-state index in [0.717, 1.165) is 24.0 Å². The van der Waals surface area contributed by atoms with Crippen molar-refractivity contribution in [2.24, 2.45) is 0 Å². The van der Waals surface area contributed by atoms with Crippen LogP contribution in [0.1, 0.15) is 37.4 Å².